The Balaban J connectivity index is 1.42. The number of allylic oxidation sites excluding steroid dienone is 1. The Kier molecular flexibility index (Phi) is 19.3. The Morgan fingerprint density at radius 2 is 1.59 bits per heavy atom. The van der Waals surface area contributed by atoms with Crippen molar-refractivity contribution in [2.75, 3.05) is 26.9 Å². The van der Waals surface area contributed by atoms with E-state index in [0.717, 1.165) is 67.4 Å². The summed E-state index contributed by atoms with van der Waals surface area (Å²) in [6.07, 6.45) is 20.0. The van der Waals surface area contributed by atoms with E-state index < -0.39 is 17.7 Å². The molecule has 0 radical (unpaired) electrons. The highest BCUT2D eigenvalue weighted by Gasteiger charge is 2.65. The maximum absolute atomic E-state index is 14.8. The number of oxime groups is 1. The SMILES string of the molecule is C=CCOC12Oc3ccc(OCc4ccccc4F)cc3C3C(CCCCO)C(CCCCO)C=C(C(=NOCc4ccccc4)CC1N(C)C(=O)CCCCCCCCCCC)C32. The average molecular weight is 881 g/mol. The van der Waals surface area contributed by atoms with E-state index in [1.54, 1.807) is 24.3 Å². The number of benzene rings is 3. The van der Waals surface area contributed by atoms with E-state index in [2.05, 4.69) is 19.6 Å². The molecule has 1 fully saturated rings. The van der Waals surface area contributed by atoms with Crippen LogP contribution in [-0.4, -0.2) is 65.4 Å². The summed E-state index contributed by atoms with van der Waals surface area (Å²) in [5.41, 5.74) is 4.15. The van der Waals surface area contributed by atoms with Gasteiger partial charge in [0.2, 0.25) is 11.7 Å². The number of carbonyl (C=O) groups is 1. The number of hydrogen-bond acceptors (Lipinski definition) is 8. The van der Waals surface area contributed by atoms with Crippen molar-refractivity contribution in [2.45, 2.75) is 147 Å². The first-order valence-corrected chi connectivity index (χ1v) is 24.2. The molecule has 3 aromatic carbocycles. The Labute approximate surface area is 381 Å². The van der Waals surface area contributed by atoms with E-state index in [1.165, 1.54) is 44.6 Å². The molecule has 0 bridgehead atoms. The lowest BCUT2D eigenvalue weighted by Crippen LogP contribution is -2.69. The van der Waals surface area contributed by atoms with Gasteiger partial charge in [0.25, 0.3) is 0 Å². The van der Waals surface area contributed by atoms with Gasteiger partial charge in [0.1, 0.15) is 36.6 Å². The first-order valence-electron chi connectivity index (χ1n) is 24.2. The second kappa shape index (κ2) is 25.3. The normalized spacial score (nSPS) is 22.8. The fourth-order valence-electron chi connectivity index (χ4n) is 10.3. The number of nitrogens with zero attached hydrogens (tertiary/aromatic N) is 2. The van der Waals surface area contributed by atoms with Crippen LogP contribution in [0.5, 0.6) is 11.5 Å². The van der Waals surface area contributed by atoms with Crippen molar-refractivity contribution in [1.82, 2.24) is 4.90 Å². The van der Waals surface area contributed by atoms with Crippen molar-refractivity contribution in [3.05, 3.63) is 120 Å². The fourth-order valence-corrected chi connectivity index (χ4v) is 10.3. The van der Waals surface area contributed by atoms with Gasteiger partial charge in [0.15, 0.2) is 0 Å². The largest absolute Gasteiger partial charge is 0.489 e. The summed E-state index contributed by atoms with van der Waals surface area (Å²) in [7, 11) is 1.88. The Morgan fingerprint density at radius 1 is 0.891 bits per heavy atom. The molecule has 348 valence electrons. The van der Waals surface area contributed by atoms with Crippen LogP contribution in [0.3, 0.4) is 0 Å². The number of aliphatic hydroxyl groups excluding tert-OH is 2. The summed E-state index contributed by atoms with van der Waals surface area (Å²) in [6.45, 7) is 7.04. The number of likely N-dealkylation sites (N-methyl/N-ethyl adjacent to an activating group) is 1. The van der Waals surface area contributed by atoms with Crippen LogP contribution >= 0.6 is 0 Å². The molecular weight excluding hydrogens is 808 g/mol. The molecule has 6 rings (SSSR count). The Bertz CT molecular complexity index is 1970. The highest BCUT2D eigenvalue weighted by molar-refractivity contribution is 6.03. The second-order valence-corrected chi connectivity index (χ2v) is 18.0. The number of aliphatic hydroxyl groups is 2. The summed E-state index contributed by atoms with van der Waals surface area (Å²) in [5, 5.41) is 24.8. The number of halogens is 1. The zero-order valence-electron chi connectivity index (χ0n) is 38.4. The van der Waals surface area contributed by atoms with Gasteiger partial charge in [-0.3, -0.25) is 4.79 Å². The quantitative estimate of drug-likeness (QED) is 0.0424. The van der Waals surface area contributed by atoms with Crippen molar-refractivity contribution < 1.29 is 38.4 Å². The standard InChI is InChI=1S/C54H73FN2O7/c1-4-6-7-8-9-10-11-12-16-29-51(60)57(3)50-37-48(56-63-38-40-23-14-13-15-24-40)45-35-41(25-19-21-32-58)44(27-20-22-33-59)52-46-36-43(61-39-42-26-17-18-28-47(42)55)30-31-49(46)64-54(50,53(45)52)62-34-5-2/h5,13-15,17-18,23-24,26,28,30-31,35-36,41,44,50,52-53,58-59H,2,4,6-12,16,19-22,25,27,29,32-34,37-39H2,1,3H3. The average Bonchev–Trinajstić information content (AvgIpc) is 3.31. The first kappa shape index (κ1) is 48.9. The lowest BCUT2D eigenvalue weighted by Gasteiger charge is -2.59. The summed E-state index contributed by atoms with van der Waals surface area (Å²) in [4.78, 5) is 22.5. The molecule has 6 atom stereocenters. The molecular formula is C54H73FN2O7. The van der Waals surface area contributed by atoms with Gasteiger partial charge in [-0.05, 0) is 79.3 Å². The maximum Gasteiger partial charge on any atom is 0.239 e. The molecule has 6 unspecified atom stereocenters. The van der Waals surface area contributed by atoms with Gasteiger partial charge in [-0.25, -0.2) is 4.39 Å². The van der Waals surface area contributed by atoms with Crippen LogP contribution in [0.25, 0.3) is 0 Å². The van der Waals surface area contributed by atoms with Gasteiger partial charge in [-0.2, -0.15) is 0 Å². The number of rotatable bonds is 28. The lowest BCUT2D eigenvalue weighted by molar-refractivity contribution is -0.255. The van der Waals surface area contributed by atoms with E-state index in [-0.39, 0.29) is 62.5 Å². The number of unbranched alkanes of at least 4 members (excludes halogenated alkanes) is 10. The van der Waals surface area contributed by atoms with E-state index in [4.69, 9.17) is 24.2 Å². The minimum absolute atomic E-state index is 0.0338. The van der Waals surface area contributed by atoms with Gasteiger partial charge < -0.3 is 34.2 Å². The lowest BCUT2D eigenvalue weighted by atomic mass is 9.55. The third kappa shape index (κ3) is 12.4. The number of fused-ring (bicyclic) bond motifs is 2. The molecule has 1 saturated carbocycles. The van der Waals surface area contributed by atoms with Gasteiger partial charge >= 0.3 is 0 Å². The van der Waals surface area contributed by atoms with Crippen LogP contribution in [0.15, 0.2) is 102 Å². The third-order valence-electron chi connectivity index (χ3n) is 13.6. The van der Waals surface area contributed by atoms with Crippen molar-refractivity contribution >= 4 is 11.6 Å². The molecule has 10 heteroatoms. The monoisotopic (exact) mass is 881 g/mol. The van der Waals surface area contributed by atoms with Crippen molar-refractivity contribution in [3.63, 3.8) is 0 Å². The molecule has 2 N–H and O–H groups in total. The number of hydrogen-bond donors (Lipinski definition) is 2. The van der Waals surface area contributed by atoms with E-state index in [9.17, 15) is 19.4 Å². The fraction of sp³-hybridized carbons (Fsp3) is 0.556. The Morgan fingerprint density at radius 3 is 2.31 bits per heavy atom. The van der Waals surface area contributed by atoms with Crippen LogP contribution in [0, 0.1) is 23.6 Å². The van der Waals surface area contributed by atoms with Gasteiger partial charge in [0, 0.05) is 50.1 Å². The summed E-state index contributed by atoms with van der Waals surface area (Å²) in [6, 6.07) is 21.9. The second-order valence-electron chi connectivity index (χ2n) is 18.0. The predicted molar refractivity (Wildman–Crippen MR) is 252 cm³/mol. The molecule has 9 nitrogen and oxygen atoms in total. The first-order chi connectivity index (χ1) is 31.3. The maximum atomic E-state index is 14.8. The molecule has 0 spiro atoms. The van der Waals surface area contributed by atoms with Crippen LogP contribution in [-0.2, 0) is 27.6 Å². The number of carbonyl (C=O) groups excluding carboxylic acids is 1. The van der Waals surface area contributed by atoms with E-state index in [1.807, 2.05) is 60.5 Å². The van der Waals surface area contributed by atoms with E-state index in [0.29, 0.717) is 42.7 Å². The van der Waals surface area contributed by atoms with E-state index >= 15 is 0 Å². The molecule has 1 aliphatic heterocycles. The molecule has 0 saturated heterocycles. The zero-order chi connectivity index (χ0) is 45.2. The summed E-state index contributed by atoms with van der Waals surface area (Å²) >= 11 is 0. The minimum Gasteiger partial charge on any atom is -0.489 e. The summed E-state index contributed by atoms with van der Waals surface area (Å²) in [5.74, 6) is -0.813. The Hall–Kier alpha value is -4.51. The molecule has 0 aromatic heterocycles. The number of amides is 1. The van der Waals surface area contributed by atoms with Crippen LogP contribution < -0.4 is 9.47 Å². The highest BCUT2D eigenvalue weighted by atomic mass is 19.1. The van der Waals surface area contributed by atoms with Gasteiger partial charge in [-0.15, -0.1) is 6.58 Å². The molecule has 1 heterocycles. The molecule has 3 aromatic rings. The van der Waals surface area contributed by atoms with Crippen LogP contribution in [0.4, 0.5) is 4.39 Å². The topological polar surface area (TPSA) is 110 Å². The highest BCUT2D eigenvalue weighted by Crippen LogP contribution is 2.62. The van der Waals surface area contributed by atoms with Crippen LogP contribution in [0.2, 0.25) is 0 Å². The van der Waals surface area contributed by atoms with Crippen molar-refractivity contribution in [1.29, 1.82) is 0 Å². The molecule has 2 aliphatic carbocycles. The summed E-state index contributed by atoms with van der Waals surface area (Å²) < 4.78 is 35.5. The van der Waals surface area contributed by atoms with Gasteiger partial charge in [0.05, 0.1) is 18.2 Å². The third-order valence-corrected chi connectivity index (χ3v) is 13.6. The molecule has 1 amide bonds. The van der Waals surface area contributed by atoms with Crippen LogP contribution in [0.1, 0.15) is 139 Å². The smallest absolute Gasteiger partial charge is 0.239 e. The van der Waals surface area contributed by atoms with Crippen molar-refractivity contribution in [3.8, 4) is 11.5 Å². The number of ether oxygens (including phenoxy) is 3. The van der Waals surface area contributed by atoms with Gasteiger partial charge in [-0.1, -0.05) is 137 Å². The minimum atomic E-state index is -1.32. The molecule has 3 aliphatic rings. The van der Waals surface area contributed by atoms with Crippen molar-refractivity contribution in [2.24, 2.45) is 22.9 Å². The molecule has 64 heavy (non-hydrogen) atoms. The predicted octanol–water partition coefficient (Wildman–Crippen LogP) is 11.6. The zero-order valence-corrected chi connectivity index (χ0v) is 38.4.